The second kappa shape index (κ2) is 6.49. The molecule has 0 aliphatic rings. The zero-order valence-electron chi connectivity index (χ0n) is 11.6. The normalized spacial score (nSPS) is 10.0. The van der Waals surface area contributed by atoms with Gasteiger partial charge in [0.1, 0.15) is 12.1 Å². The van der Waals surface area contributed by atoms with Gasteiger partial charge in [-0.1, -0.05) is 30.3 Å². The molecule has 0 fully saturated rings. The minimum absolute atomic E-state index is 0.287. The van der Waals surface area contributed by atoms with Crippen molar-refractivity contribution in [2.45, 2.75) is 0 Å². The van der Waals surface area contributed by atoms with Gasteiger partial charge in [0, 0.05) is 12.4 Å². The van der Waals surface area contributed by atoms with Gasteiger partial charge in [0.15, 0.2) is 5.75 Å². The third-order valence-corrected chi connectivity index (χ3v) is 2.93. The molecule has 5 nitrogen and oxygen atoms in total. The van der Waals surface area contributed by atoms with Gasteiger partial charge < -0.3 is 10.1 Å². The van der Waals surface area contributed by atoms with E-state index in [9.17, 15) is 4.79 Å². The highest BCUT2D eigenvalue weighted by Crippen LogP contribution is 2.29. The van der Waals surface area contributed by atoms with Gasteiger partial charge in [-0.25, -0.2) is 9.97 Å². The number of carbonyl (C=O) groups is 1. The first-order valence-corrected chi connectivity index (χ1v) is 6.71. The van der Waals surface area contributed by atoms with Crippen LogP contribution in [-0.4, -0.2) is 15.9 Å². The summed E-state index contributed by atoms with van der Waals surface area (Å²) in [5.41, 5.74) is 0.970. The van der Waals surface area contributed by atoms with Gasteiger partial charge in [0.25, 0.3) is 5.91 Å². The molecule has 3 rings (SSSR count). The van der Waals surface area contributed by atoms with Crippen LogP contribution in [0, 0.1) is 0 Å². The van der Waals surface area contributed by atoms with Crippen molar-refractivity contribution < 1.29 is 9.53 Å². The lowest BCUT2D eigenvalue weighted by Gasteiger charge is -2.12. The number of benzene rings is 2. The molecule has 0 aliphatic heterocycles. The van der Waals surface area contributed by atoms with E-state index in [1.807, 2.05) is 42.5 Å². The summed E-state index contributed by atoms with van der Waals surface area (Å²) in [6.07, 6.45) is 4.30. The van der Waals surface area contributed by atoms with E-state index in [1.165, 1.54) is 18.7 Å². The first-order valence-electron chi connectivity index (χ1n) is 6.71. The largest absolute Gasteiger partial charge is 0.455 e. The lowest BCUT2D eigenvalue weighted by molar-refractivity contribution is 0.102. The number of nitrogens with zero attached hydrogens (tertiary/aromatic N) is 2. The monoisotopic (exact) mass is 291 g/mol. The van der Waals surface area contributed by atoms with Crippen LogP contribution in [0.5, 0.6) is 11.5 Å². The quantitative estimate of drug-likeness (QED) is 0.798. The van der Waals surface area contributed by atoms with Crippen molar-refractivity contribution in [3.05, 3.63) is 78.9 Å². The van der Waals surface area contributed by atoms with Crippen molar-refractivity contribution >= 4 is 11.6 Å². The summed E-state index contributed by atoms with van der Waals surface area (Å²) >= 11 is 0. The summed E-state index contributed by atoms with van der Waals surface area (Å²) < 4.78 is 5.80. The van der Waals surface area contributed by atoms with Crippen LogP contribution in [0.4, 0.5) is 5.69 Å². The Morgan fingerprint density at radius 2 is 1.59 bits per heavy atom. The van der Waals surface area contributed by atoms with Gasteiger partial charge in [0.2, 0.25) is 0 Å². The van der Waals surface area contributed by atoms with Crippen molar-refractivity contribution in [3.8, 4) is 11.5 Å². The van der Waals surface area contributed by atoms with Crippen molar-refractivity contribution in [1.29, 1.82) is 0 Å². The molecule has 1 heterocycles. The van der Waals surface area contributed by atoms with Crippen LogP contribution in [-0.2, 0) is 0 Å². The fourth-order valence-corrected chi connectivity index (χ4v) is 1.89. The Hall–Kier alpha value is -3.21. The molecular weight excluding hydrogens is 278 g/mol. The zero-order valence-corrected chi connectivity index (χ0v) is 11.6. The number of anilines is 1. The zero-order chi connectivity index (χ0) is 15.2. The Morgan fingerprint density at radius 3 is 2.36 bits per heavy atom. The molecule has 5 heteroatoms. The maximum absolute atomic E-state index is 12.2. The molecule has 0 aliphatic carbocycles. The topological polar surface area (TPSA) is 64.1 Å². The fraction of sp³-hybridized carbons (Fsp3) is 0. The van der Waals surface area contributed by atoms with Crippen molar-refractivity contribution in [2.24, 2.45) is 0 Å². The molecule has 1 aromatic heterocycles. The number of ether oxygens (including phenoxy) is 1. The predicted molar refractivity (Wildman–Crippen MR) is 82.9 cm³/mol. The number of aromatic nitrogens is 2. The van der Waals surface area contributed by atoms with Gasteiger partial charge in [-0.15, -0.1) is 0 Å². The number of nitrogens with one attached hydrogen (secondary N) is 1. The summed E-state index contributed by atoms with van der Waals surface area (Å²) in [5, 5.41) is 2.80. The molecule has 0 saturated carbocycles. The molecule has 0 spiro atoms. The molecule has 1 N–H and O–H groups in total. The summed E-state index contributed by atoms with van der Waals surface area (Å²) in [5.74, 6) is 0.982. The molecule has 3 aromatic rings. The van der Waals surface area contributed by atoms with E-state index in [4.69, 9.17) is 4.74 Å². The molecule has 1 amide bonds. The maximum atomic E-state index is 12.2. The number of rotatable bonds is 4. The van der Waals surface area contributed by atoms with Crippen LogP contribution in [0.1, 0.15) is 10.4 Å². The van der Waals surface area contributed by atoms with Crippen molar-refractivity contribution in [1.82, 2.24) is 9.97 Å². The minimum atomic E-state index is -0.287. The smallest absolute Gasteiger partial charge is 0.258 e. The van der Waals surface area contributed by atoms with Crippen LogP contribution in [0.15, 0.2) is 73.3 Å². The molecule has 0 saturated heterocycles. The van der Waals surface area contributed by atoms with E-state index < -0.39 is 0 Å². The summed E-state index contributed by atoms with van der Waals surface area (Å²) in [7, 11) is 0. The molecule has 0 radical (unpaired) electrons. The summed E-state index contributed by atoms with van der Waals surface area (Å²) in [4.78, 5) is 19.8. The Kier molecular flexibility index (Phi) is 4.06. The van der Waals surface area contributed by atoms with Crippen LogP contribution < -0.4 is 10.1 Å². The minimum Gasteiger partial charge on any atom is -0.455 e. The molecule has 0 atom stereocenters. The first-order chi connectivity index (χ1) is 10.8. The van der Waals surface area contributed by atoms with Gasteiger partial charge in [-0.05, 0) is 24.3 Å². The van der Waals surface area contributed by atoms with E-state index in [0.717, 1.165) is 0 Å². The molecule has 108 valence electrons. The van der Waals surface area contributed by atoms with E-state index in [2.05, 4.69) is 15.3 Å². The third-order valence-electron chi connectivity index (χ3n) is 2.93. The molecular formula is C17H13N3O2. The molecule has 0 bridgehead atoms. The van der Waals surface area contributed by atoms with Crippen LogP contribution in [0.2, 0.25) is 0 Å². The Morgan fingerprint density at radius 1 is 0.909 bits per heavy atom. The number of carbonyl (C=O) groups excluding carboxylic acids is 1. The van der Waals surface area contributed by atoms with E-state index in [-0.39, 0.29) is 5.91 Å². The number of hydrogen-bond acceptors (Lipinski definition) is 4. The van der Waals surface area contributed by atoms with Gasteiger partial charge in [-0.3, -0.25) is 4.79 Å². The van der Waals surface area contributed by atoms with Crippen LogP contribution in [0.3, 0.4) is 0 Å². The van der Waals surface area contributed by atoms with E-state index >= 15 is 0 Å². The van der Waals surface area contributed by atoms with Gasteiger partial charge >= 0.3 is 0 Å². The second-order valence-electron chi connectivity index (χ2n) is 4.49. The highest BCUT2D eigenvalue weighted by Gasteiger charge is 2.10. The van der Waals surface area contributed by atoms with Crippen LogP contribution >= 0.6 is 0 Å². The number of para-hydroxylation sites is 3. The summed E-state index contributed by atoms with van der Waals surface area (Å²) in [6.45, 7) is 0. The fourth-order valence-electron chi connectivity index (χ4n) is 1.89. The molecule has 0 unspecified atom stereocenters. The number of amides is 1. The average molecular weight is 291 g/mol. The van der Waals surface area contributed by atoms with Crippen LogP contribution in [0.25, 0.3) is 0 Å². The standard InChI is InChI=1S/C17H13N3O2/c21-17(13-10-18-12-19-11-13)20-15-8-4-5-9-16(15)22-14-6-2-1-3-7-14/h1-12H,(H,20,21). The summed E-state index contributed by atoms with van der Waals surface area (Å²) in [6, 6.07) is 16.6. The first kappa shape index (κ1) is 13.8. The van der Waals surface area contributed by atoms with E-state index in [0.29, 0.717) is 22.7 Å². The van der Waals surface area contributed by atoms with Gasteiger partial charge in [-0.2, -0.15) is 0 Å². The lowest BCUT2D eigenvalue weighted by Crippen LogP contribution is -2.13. The Labute approximate surface area is 127 Å². The van der Waals surface area contributed by atoms with Crippen molar-refractivity contribution in [2.75, 3.05) is 5.32 Å². The third kappa shape index (κ3) is 3.27. The molecule has 2 aromatic carbocycles. The highest BCUT2D eigenvalue weighted by atomic mass is 16.5. The average Bonchev–Trinajstić information content (AvgIpc) is 2.58. The van der Waals surface area contributed by atoms with Gasteiger partial charge in [0.05, 0.1) is 11.3 Å². The van der Waals surface area contributed by atoms with E-state index in [1.54, 1.807) is 12.1 Å². The van der Waals surface area contributed by atoms with Crippen molar-refractivity contribution in [3.63, 3.8) is 0 Å². The SMILES string of the molecule is O=C(Nc1ccccc1Oc1ccccc1)c1cncnc1. The second-order valence-corrected chi connectivity index (χ2v) is 4.49. The lowest BCUT2D eigenvalue weighted by atomic mass is 10.2. The number of hydrogen-bond donors (Lipinski definition) is 1. The molecule has 22 heavy (non-hydrogen) atoms. The Balaban J connectivity index is 1.81. The highest BCUT2D eigenvalue weighted by molar-refractivity contribution is 6.04. The Bertz CT molecular complexity index is 761. The maximum Gasteiger partial charge on any atom is 0.258 e. The predicted octanol–water partition coefficient (Wildman–Crippen LogP) is 3.52.